The molecule has 0 aliphatic heterocycles. The normalized spacial score (nSPS) is 12.5. The molecule has 11 heavy (non-hydrogen) atoms. The molecule has 0 atom stereocenters. The zero-order valence-corrected chi connectivity index (χ0v) is 8.39. The Balaban J connectivity index is 3.42. The van der Waals surface area contributed by atoms with Crippen molar-refractivity contribution in [3.8, 4) is 0 Å². The van der Waals surface area contributed by atoms with Crippen LogP contribution in [0.15, 0.2) is 4.99 Å². The van der Waals surface area contributed by atoms with Gasteiger partial charge in [-0.1, -0.05) is 20.8 Å². The van der Waals surface area contributed by atoms with Crippen LogP contribution in [0.5, 0.6) is 0 Å². The third-order valence-corrected chi connectivity index (χ3v) is 1.30. The van der Waals surface area contributed by atoms with E-state index in [1.165, 1.54) is 0 Å². The number of rotatable bonds is 3. The zero-order chi connectivity index (χ0) is 8.91. The minimum absolute atomic E-state index is 0.406. The van der Waals surface area contributed by atoms with Gasteiger partial charge < -0.3 is 4.90 Å². The predicted octanol–water partition coefficient (Wildman–Crippen LogP) is 2.01. The van der Waals surface area contributed by atoms with Gasteiger partial charge in [0.1, 0.15) is 0 Å². The van der Waals surface area contributed by atoms with Gasteiger partial charge in [-0.3, -0.25) is 4.99 Å². The maximum absolute atomic E-state index is 4.26. The highest BCUT2D eigenvalue weighted by atomic mass is 15.1. The zero-order valence-electron chi connectivity index (χ0n) is 8.39. The van der Waals surface area contributed by atoms with E-state index in [0.717, 1.165) is 13.0 Å². The van der Waals surface area contributed by atoms with Gasteiger partial charge in [-0.25, -0.2) is 0 Å². The van der Waals surface area contributed by atoms with E-state index in [0.29, 0.717) is 5.41 Å². The Kier molecular flexibility index (Phi) is 4.16. The summed E-state index contributed by atoms with van der Waals surface area (Å²) in [5.41, 5.74) is 0.406. The molecular formula is C9H20N2. The van der Waals surface area contributed by atoms with Crippen LogP contribution >= 0.6 is 0 Å². The molecule has 0 unspecified atom stereocenters. The molecule has 0 bridgehead atoms. The Bertz CT molecular complexity index is 120. The van der Waals surface area contributed by atoms with Gasteiger partial charge in [-0.05, 0) is 11.8 Å². The Morgan fingerprint density at radius 3 is 2.18 bits per heavy atom. The average molecular weight is 156 g/mol. The molecule has 0 aliphatic carbocycles. The van der Waals surface area contributed by atoms with Crippen LogP contribution in [0.25, 0.3) is 0 Å². The van der Waals surface area contributed by atoms with E-state index in [9.17, 15) is 0 Å². The number of hydrogen-bond acceptors (Lipinski definition) is 1. The summed E-state index contributed by atoms with van der Waals surface area (Å²) in [6.07, 6.45) is 3.02. The first kappa shape index (κ1) is 10.5. The van der Waals surface area contributed by atoms with E-state index >= 15 is 0 Å². The lowest BCUT2D eigenvalue weighted by atomic mass is 9.93. The third kappa shape index (κ3) is 9.47. The van der Waals surface area contributed by atoms with Crippen LogP contribution < -0.4 is 0 Å². The van der Waals surface area contributed by atoms with E-state index in [1.807, 2.05) is 25.3 Å². The summed E-state index contributed by atoms with van der Waals surface area (Å²) in [6.45, 7) is 7.64. The van der Waals surface area contributed by atoms with Gasteiger partial charge in [-0.15, -0.1) is 0 Å². The highest BCUT2D eigenvalue weighted by Crippen LogP contribution is 2.17. The predicted molar refractivity (Wildman–Crippen MR) is 51.1 cm³/mol. The minimum Gasteiger partial charge on any atom is -0.369 e. The van der Waals surface area contributed by atoms with Gasteiger partial charge in [0.2, 0.25) is 0 Å². The topological polar surface area (TPSA) is 15.6 Å². The van der Waals surface area contributed by atoms with Crippen molar-refractivity contribution in [1.29, 1.82) is 0 Å². The van der Waals surface area contributed by atoms with E-state index in [4.69, 9.17) is 0 Å². The summed E-state index contributed by atoms with van der Waals surface area (Å²) in [7, 11) is 3.97. The van der Waals surface area contributed by atoms with Crippen molar-refractivity contribution in [2.24, 2.45) is 10.4 Å². The number of hydrogen-bond donors (Lipinski definition) is 0. The summed E-state index contributed by atoms with van der Waals surface area (Å²) in [5, 5.41) is 0. The monoisotopic (exact) mass is 156 g/mol. The van der Waals surface area contributed by atoms with E-state index in [-0.39, 0.29) is 0 Å². The van der Waals surface area contributed by atoms with E-state index in [1.54, 1.807) is 0 Å². The molecule has 0 aromatic heterocycles. The summed E-state index contributed by atoms with van der Waals surface area (Å²) in [5.74, 6) is 0. The lowest BCUT2D eigenvalue weighted by Gasteiger charge is -2.15. The molecule has 2 nitrogen and oxygen atoms in total. The number of aliphatic imine (C=N–C) groups is 1. The second-order valence-electron chi connectivity index (χ2n) is 4.30. The van der Waals surface area contributed by atoms with Gasteiger partial charge in [-0.2, -0.15) is 0 Å². The van der Waals surface area contributed by atoms with Gasteiger partial charge >= 0.3 is 0 Å². The Hall–Kier alpha value is -0.530. The molecule has 0 amide bonds. The molecule has 0 spiro atoms. The largest absolute Gasteiger partial charge is 0.369 e. The fourth-order valence-electron chi connectivity index (χ4n) is 0.621. The maximum Gasteiger partial charge on any atom is 0.0844 e. The average Bonchev–Trinajstić information content (AvgIpc) is 1.78. The first-order valence-corrected chi connectivity index (χ1v) is 4.08. The highest BCUT2D eigenvalue weighted by molar-refractivity contribution is 5.53. The molecule has 66 valence electrons. The molecule has 0 heterocycles. The van der Waals surface area contributed by atoms with Gasteiger partial charge in [0.05, 0.1) is 6.34 Å². The third-order valence-electron chi connectivity index (χ3n) is 1.30. The van der Waals surface area contributed by atoms with Crippen molar-refractivity contribution in [2.45, 2.75) is 27.2 Å². The van der Waals surface area contributed by atoms with Crippen LogP contribution in [0.1, 0.15) is 27.2 Å². The van der Waals surface area contributed by atoms with Crippen molar-refractivity contribution in [3.63, 3.8) is 0 Å². The molecule has 0 fully saturated rings. The first-order valence-electron chi connectivity index (χ1n) is 4.08. The Morgan fingerprint density at radius 2 is 1.82 bits per heavy atom. The quantitative estimate of drug-likeness (QED) is 0.451. The maximum atomic E-state index is 4.26. The van der Waals surface area contributed by atoms with Gasteiger partial charge in [0.15, 0.2) is 0 Å². The number of nitrogens with zero attached hydrogens (tertiary/aromatic N) is 2. The Labute approximate surface area is 70.3 Å². The van der Waals surface area contributed by atoms with Crippen LogP contribution in [-0.2, 0) is 0 Å². The van der Waals surface area contributed by atoms with Crippen molar-refractivity contribution in [2.75, 3.05) is 20.6 Å². The SMILES string of the molecule is CN(C)/C=N/CCC(C)(C)C. The van der Waals surface area contributed by atoms with Crippen molar-refractivity contribution in [1.82, 2.24) is 4.90 Å². The molecule has 0 N–H and O–H groups in total. The smallest absolute Gasteiger partial charge is 0.0844 e. The van der Waals surface area contributed by atoms with Gasteiger partial charge in [0.25, 0.3) is 0 Å². The fraction of sp³-hybridized carbons (Fsp3) is 0.889. The Morgan fingerprint density at radius 1 is 1.27 bits per heavy atom. The van der Waals surface area contributed by atoms with Crippen molar-refractivity contribution < 1.29 is 0 Å². The fourth-order valence-corrected chi connectivity index (χ4v) is 0.621. The summed E-state index contributed by atoms with van der Waals surface area (Å²) in [6, 6.07) is 0. The highest BCUT2D eigenvalue weighted by Gasteiger charge is 2.07. The minimum atomic E-state index is 0.406. The van der Waals surface area contributed by atoms with Crippen molar-refractivity contribution in [3.05, 3.63) is 0 Å². The molecule has 0 aromatic rings. The van der Waals surface area contributed by atoms with Crippen molar-refractivity contribution >= 4 is 6.34 Å². The summed E-state index contributed by atoms with van der Waals surface area (Å²) < 4.78 is 0. The van der Waals surface area contributed by atoms with Crippen LogP contribution in [0.4, 0.5) is 0 Å². The summed E-state index contributed by atoms with van der Waals surface area (Å²) in [4.78, 5) is 6.22. The van der Waals surface area contributed by atoms with Crippen LogP contribution in [0.3, 0.4) is 0 Å². The standard InChI is InChI=1S/C9H20N2/c1-9(2,3)6-7-10-8-11(4)5/h8H,6-7H2,1-5H3/b10-8+. The van der Waals surface area contributed by atoms with E-state index in [2.05, 4.69) is 25.8 Å². The van der Waals surface area contributed by atoms with E-state index < -0.39 is 0 Å². The second-order valence-corrected chi connectivity index (χ2v) is 4.30. The molecule has 0 saturated heterocycles. The van der Waals surface area contributed by atoms with Crippen LogP contribution in [0.2, 0.25) is 0 Å². The lowest BCUT2D eigenvalue weighted by Crippen LogP contribution is -2.10. The molecule has 0 aliphatic rings. The van der Waals surface area contributed by atoms with Crippen LogP contribution in [0, 0.1) is 5.41 Å². The molecule has 0 rings (SSSR count). The molecule has 0 radical (unpaired) electrons. The van der Waals surface area contributed by atoms with Gasteiger partial charge in [0, 0.05) is 20.6 Å². The lowest BCUT2D eigenvalue weighted by molar-refractivity contribution is 0.385. The first-order chi connectivity index (χ1) is 4.92. The molecule has 0 aromatic carbocycles. The molecular weight excluding hydrogens is 136 g/mol. The molecule has 2 heteroatoms. The molecule has 0 saturated carbocycles. The second kappa shape index (κ2) is 4.37. The summed E-state index contributed by atoms with van der Waals surface area (Å²) >= 11 is 0. The van der Waals surface area contributed by atoms with Crippen LogP contribution in [-0.4, -0.2) is 31.9 Å².